The third kappa shape index (κ3) is 1.26. The van der Waals surface area contributed by atoms with Crippen molar-refractivity contribution in [3.05, 3.63) is 49.1 Å². The van der Waals surface area contributed by atoms with E-state index in [4.69, 9.17) is 0 Å². The molecule has 3 aromatic heterocycles. The van der Waals surface area contributed by atoms with Crippen molar-refractivity contribution in [1.82, 2.24) is 9.97 Å². The fourth-order valence-electron chi connectivity index (χ4n) is 2.20. The minimum atomic E-state index is 1.19. The summed E-state index contributed by atoms with van der Waals surface area (Å²) in [4.78, 5) is 8.38. The highest BCUT2D eigenvalue weighted by molar-refractivity contribution is 7.25. The van der Waals surface area contributed by atoms with Crippen LogP contribution < -0.4 is 0 Å². The SMILES string of the molecule is c1cc2cc3c(cc2cn1)sc1ccncc13. The molecule has 0 N–H and O–H groups in total. The quantitative estimate of drug-likeness (QED) is 0.461. The Labute approximate surface area is 102 Å². The molecule has 0 atom stereocenters. The van der Waals surface area contributed by atoms with Crippen molar-refractivity contribution in [3.63, 3.8) is 0 Å². The lowest BCUT2D eigenvalue weighted by atomic mass is 10.1. The van der Waals surface area contributed by atoms with Gasteiger partial charge >= 0.3 is 0 Å². The molecule has 0 saturated heterocycles. The summed E-state index contributed by atoms with van der Waals surface area (Å²) in [6, 6.07) is 8.56. The zero-order chi connectivity index (χ0) is 11.2. The van der Waals surface area contributed by atoms with Gasteiger partial charge in [0.15, 0.2) is 0 Å². The summed E-state index contributed by atoms with van der Waals surface area (Å²) in [5.74, 6) is 0. The van der Waals surface area contributed by atoms with Gasteiger partial charge in [-0.3, -0.25) is 9.97 Å². The summed E-state index contributed by atoms with van der Waals surface area (Å²) < 4.78 is 2.59. The molecule has 1 aromatic carbocycles. The Morgan fingerprint density at radius 1 is 0.765 bits per heavy atom. The van der Waals surface area contributed by atoms with Crippen molar-refractivity contribution in [1.29, 1.82) is 0 Å². The first-order chi connectivity index (χ1) is 8.42. The normalized spacial score (nSPS) is 11.5. The maximum absolute atomic E-state index is 4.21. The second-order valence-corrected chi connectivity index (χ2v) is 5.13. The second kappa shape index (κ2) is 3.25. The summed E-state index contributed by atoms with van der Waals surface area (Å²) in [5, 5.41) is 4.96. The number of fused-ring (bicyclic) bond motifs is 4. The Balaban J connectivity index is 2.28. The van der Waals surface area contributed by atoms with Crippen LogP contribution >= 0.6 is 11.3 Å². The Hall–Kier alpha value is -2.00. The largest absolute Gasteiger partial charge is 0.264 e. The molecular formula is C14H8N2S. The maximum Gasteiger partial charge on any atom is 0.0386 e. The van der Waals surface area contributed by atoms with Gasteiger partial charge in [0.05, 0.1) is 0 Å². The van der Waals surface area contributed by atoms with E-state index < -0.39 is 0 Å². The van der Waals surface area contributed by atoms with E-state index in [0.717, 1.165) is 0 Å². The third-order valence-corrected chi connectivity index (χ3v) is 4.16. The molecule has 0 aliphatic carbocycles. The zero-order valence-corrected chi connectivity index (χ0v) is 9.74. The highest BCUT2D eigenvalue weighted by Gasteiger charge is 2.05. The van der Waals surface area contributed by atoms with Gasteiger partial charge in [-0.1, -0.05) is 0 Å². The van der Waals surface area contributed by atoms with E-state index in [1.807, 2.05) is 36.1 Å². The van der Waals surface area contributed by atoms with E-state index in [1.54, 1.807) is 0 Å². The van der Waals surface area contributed by atoms with Crippen LogP contribution in [0.15, 0.2) is 49.1 Å². The lowest BCUT2D eigenvalue weighted by molar-refractivity contribution is 1.37. The van der Waals surface area contributed by atoms with Gasteiger partial charge < -0.3 is 0 Å². The molecule has 0 spiro atoms. The van der Waals surface area contributed by atoms with Crippen molar-refractivity contribution < 1.29 is 0 Å². The van der Waals surface area contributed by atoms with E-state index in [9.17, 15) is 0 Å². The van der Waals surface area contributed by atoms with Gasteiger partial charge in [0.2, 0.25) is 0 Å². The highest BCUT2D eigenvalue weighted by Crippen LogP contribution is 2.35. The second-order valence-electron chi connectivity index (χ2n) is 4.05. The van der Waals surface area contributed by atoms with Crippen molar-refractivity contribution in [2.75, 3.05) is 0 Å². The number of aromatic nitrogens is 2. The van der Waals surface area contributed by atoms with Gasteiger partial charge in [-0.25, -0.2) is 0 Å². The molecule has 2 nitrogen and oxygen atoms in total. The molecule has 0 amide bonds. The molecular weight excluding hydrogens is 228 g/mol. The van der Waals surface area contributed by atoms with Gasteiger partial charge in [-0.2, -0.15) is 0 Å². The van der Waals surface area contributed by atoms with Gasteiger partial charge in [0.25, 0.3) is 0 Å². The van der Waals surface area contributed by atoms with Crippen LogP contribution in [0.1, 0.15) is 0 Å². The lowest BCUT2D eigenvalue weighted by Gasteiger charge is -1.97. The third-order valence-electron chi connectivity index (χ3n) is 3.03. The number of pyridine rings is 2. The van der Waals surface area contributed by atoms with Crippen LogP contribution in [0.5, 0.6) is 0 Å². The molecule has 0 aliphatic rings. The molecule has 0 aliphatic heterocycles. The molecule has 0 fully saturated rings. The molecule has 0 bridgehead atoms. The van der Waals surface area contributed by atoms with E-state index in [1.165, 1.54) is 30.9 Å². The molecule has 3 heteroatoms. The molecule has 0 unspecified atom stereocenters. The molecule has 4 aromatic rings. The minimum Gasteiger partial charge on any atom is -0.264 e. The summed E-state index contributed by atoms with van der Waals surface area (Å²) in [6.07, 6.45) is 7.54. The fourth-order valence-corrected chi connectivity index (χ4v) is 3.30. The van der Waals surface area contributed by atoms with Crippen molar-refractivity contribution in [2.24, 2.45) is 0 Å². The molecule has 0 radical (unpaired) electrons. The monoisotopic (exact) mass is 236 g/mol. The van der Waals surface area contributed by atoms with Gasteiger partial charge in [-0.05, 0) is 29.7 Å². The van der Waals surface area contributed by atoms with Crippen LogP contribution in [0.2, 0.25) is 0 Å². The molecule has 17 heavy (non-hydrogen) atoms. The highest BCUT2D eigenvalue weighted by atomic mass is 32.1. The van der Waals surface area contributed by atoms with Crippen LogP contribution in [-0.2, 0) is 0 Å². The van der Waals surface area contributed by atoms with E-state index >= 15 is 0 Å². The smallest absolute Gasteiger partial charge is 0.0386 e. The zero-order valence-electron chi connectivity index (χ0n) is 8.92. The molecule has 4 rings (SSSR count). The Bertz CT molecular complexity index is 842. The molecule has 80 valence electrons. The Morgan fingerprint density at radius 3 is 2.65 bits per heavy atom. The van der Waals surface area contributed by atoms with Gasteiger partial charge in [0, 0.05) is 50.3 Å². The first-order valence-corrected chi connectivity index (χ1v) is 6.23. The van der Waals surface area contributed by atoms with Crippen LogP contribution in [-0.4, -0.2) is 9.97 Å². The first-order valence-electron chi connectivity index (χ1n) is 5.42. The summed E-state index contributed by atoms with van der Waals surface area (Å²) in [6.45, 7) is 0. The van der Waals surface area contributed by atoms with Crippen LogP contribution in [0.4, 0.5) is 0 Å². The summed E-state index contributed by atoms with van der Waals surface area (Å²) in [5.41, 5.74) is 0. The average Bonchev–Trinajstić information content (AvgIpc) is 2.73. The van der Waals surface area contributed by atoms with Crippen molar-refractivity contribution in [2.45, 2.75) is 0 Å². The maximum atomic E-state index is 4.21. The van der Waals surface area contributed by atoms with Gasteiger partial charge in [0.1, 0.15) is 0 Å². The number of benzene rings is 1. The van der Waals surface area contributed by atoms with E-state index in [-0.39, 0.29) is 0 Å². The molecule has 3 heterocycles. The first kappa shape index (κ1) is 9.07. The van der Waals surface area contributed by atoms with Crippen LogP contribution in [0, 0.1) is 0 Å². The van der Waals surface area contributed by atoms with Gasteiger partial charge in [-0.15, -0.1) is 11.3 Å². The predicted molar refractivity (Wildman–Crippen MR) is 72.4 cm³/mol. The topological polar surface area (TPSA) is 25.8 Å². The standard InChI is InChI=1S/C14H8N2S/c1-3-15-7-10-6-14-11(5-9(1)10)12-8-16-4-2-13(12)17-14/h1-8H. The lowest BCUT2D eigenvalue weighted by Crippen LogP contribution is -1.75. The Morgan fingerprint density at radius 2 is 1.65 bits per heavy atom. The predicted octanol–water partition coefficient (Wildman–Crippen LogP) is 4.00. The average molecular weight is 236 g/mol. The van der Waals surface area contributed by atoms with Crippen molar-refractivity contribution >= 4 is 42.3 Å². The van der Waals surface area contributed by atoms with E-state index in [2.05, 4.69) is 34.2 Å². The van der Waals surface area contributed by atoms with Crippen LogP contribution in [0.25, 0.3) is 30.9 Å². The fraction of sp³-hybridized carbons (Fsp3) is 0. The number of hydrogen-bond donors (Lipinski definition) is 0. The summed E-state index contributed by atoms with van der Waals surface area (Å²) >= 11 is 1.81. The number of thiophene rings is 1. The summed E-state index contributed by atoms with van der Waals surface area (Å²) in [7, 11) is 0. The number of hydrogen-bond acceptors (Lipinski definition) is 3. The molecule has 0 saturated carbocycles. The Kier molecular flexibility index (Phi) is 1.73. The minimum absolute atomic E-state index is 1.19. The number of rotatable bonds is 0. The number of nitrogens with zero attached hydrogens (tertiary/aromatic N) is 2. The van der Waals surface area contributed by atoms with Crippen molar-refractivity contribution in [3.8, 4) is 0 Å². The van der Waals surface area contributed by atoms with Crippen LogP contribution in [0.3, 0.4) is 0 Å². The van der Waals surface area contributed by atoms with E-state index in [0.29, 0.717) is 0 Å².